The molecule has 0 radical (unpaired) electrons. The van der Waals surface area contributed by atoms with Gasteiger partial charge in [-0.1, -0.05) is 11.6 Å². The molecule has 2 rings (SSSR count). The summed E-state index contributed by atoms with van der Waals surface area (Å²) in [6, 6.07) is 6.84. The van der Waals surface area contributed by atoms with Crippen molar-refractivity contribution < 1.29 is 4.79 Å². The Kier molecular flexibility index (Phi) is 3.94. The number of hydrogen-bond acceptors (Lipinski definition) is 3. The van der Waals surface area contributed by atoms with E-state index < -0.39 is 0 Å². The molecule has 0 spiro atoms. The van der Waals surface area contributed by atoms with Gasteiger partial charge in [-0.3, -0.25) is 4.79 Å². The zero-order valence-electron chi connectivity index (χ0n) is 9.46. The van der Waals surface area contributed by atoms with Gasteiger partial charge in [0.15, 0.2) is 0 Å². The molecule has 0 fully saturated rings. The first-order valence-corrected chi connectivity index (χ1v) is 7.08. The van der Waals surface area contributed by atoms with Crippen LogP contribution in [0.25, 0.3) is 0 Å². The SMILES string of the molecule is Cc1cc(C(=O)Nc2ccc(Cl)c(N)c2)sc1Br. The topological polar surface area (TPSA) is 55.1 Å². The van der Waals surface area contributed by atoms with Crippen molar-refractivity contribution in [3.8, 4) is 0 Å². The van der Waals surface area contributed by atoms with Crippen LogP contribution in [0.5, 0.6) is 0 Å². The lowest BCUT2D eigenvalue weighted by atomic mass is 10.2. The quantitative estimate of drug-likeness (QED) is 0.797. The number of benzene rings is 1. The number of hydrogen-bond donors (Lipinski definition) is 2. The molecule has 18 heavy (non-hydrogen) atoms. The second-order valence-corrected chi connectivity index (χ2v) is 6.54. The fourth-order valence-electron chi connectivity index (χ4n) is 1.39. The van der Waals surface area contributed by atoms with Crippen molar-refractivity contribution in [1.29, 1.82) is 0 Å². The van der Waals surface area contributed by atoms with Crippen molar-refractivity contribution in [2.75, 3.05) is 11.1 Å². The molecule has 0 atom stereocenters. The lowest BCUT2D eigenvalue weighted by molar-refractivity contribution is 0.103. The average Bonchev–Trinajstić information content (AvgIpc) is 2.65. The molecule has 1 aromatic heterocycles. The summed E-state index contributed by atoms with van der Waals surface area (Å²) in [5.41, 5.74) is 7.79. The first kappa shape index (κ1) is 13.4. The van der Waals surface area contributed by atoms with Crippen LogP contribution in [0.15, 0.2) is 28.1 Å². The van der Waals surface area contributed by atoms with Crippen LogP contribution in [-0.4, -0.2) is 5.91 Å². The molecule has 0 saturated carbocycles. The third-order valence-corrected chi connectivity index (χ3v) is 4.81. The minimum absolute atomic E-state index is 0.157. The Hall–Kier alpha value is -1.04. The van der Waals surface area contributed by atoms with E-state index in [1.165, 1.54) is 11.3 Å². The number of rotatable bonds is 2. The van der Waals surface area contributed by atoms with Crippen LogP contribution in [0.3, 0.4) is 0 Å². The minimum Gasteiger partial charge on any atom is -0.397 e. The molecule has 0 unspecified atom stereocenters. The summed E-state index contributed by atoms with van der Waals surface area (Å²) in [6.45, 7) is 1.94. The highest BCUT2D eigenvalue weighted by Gasteiger charge is 2.11. The molecule has 0 aliphatic heterocycles. The third kappa shape index (κ3) is 2.85. The second kappa shape index (κ2) is 5.30. The summed E-state index contributed by atoms with van der Waals surface area (Å²) in [5, 5.41) is 3.25. The van der Waals surface area contributed by atoms with Crippen LogP contribution in [-0.2, 0) is 0 Å². The van der Waals surface area contributed by atoms with Crippen molar-refractivity contribution >= 4 is 56.1 Å². The van der Waals surface area contributed by atoms with Crippen molar-refractivity contribution in [2.45, 2.75) is 6.92 Å². The van der Waals surface area contributed by atoms with Crippen LogP contribution < -0.4 is 11.1 Å². The van der Waals surface area contributed by atoms with Gasteiger partial charge in [-0.25, -0.2) is 0 Å². The van der Waals surface area contributed by atoms with E-state index in [2.05, 4.69) is 21.2 Å². The Labute approximate surface area is 122 Å². The van der Waals surface area contributed by atoms with Crippen molar-refractivity contribution in [3.63, 3.8) is 0 Å². The number of thiophene rings is 1. The van der Waals surface area contributed by atoms with Gasteiger partial charge in [-0.2, -0.15) is 0 Å². The summed E-state index contributed by atoms with van der Waals surface area (Å²) < 4.78 is 0.961. The monoisotopic (exact) mass is 344 g/mol. The number of carbonyl (C=O) groups excluding carboxylic acids is 1. The molecule has 0 saturated heterocycles. The van der Waals surface area contributed by atoms with E-state index >= 15 is 0 Å². The largest absolute Gasteiger partial charge is 0.397 e. The number of nitrogens with two attached hydrogens (primary N) is 1. The zero-order chi connectivity index (χ0) is 13.3. The zero-order valence-corrected chi connectivity index (χ0v) is 12.6. The summed E-state index contributed by atoms with van der Waals surface area (Å²) >= 11 is 10.6. The molecule has 1 aromatic carbocycles. The number of halogens is 2. The molecule has 3 N–H and O–H groups in total. The van der Waals surface area contributed by atoms with E-state index in [1.807, 2.05) is 13.0 Å². The van der Waals surface area contributed by atoms with Gasteiger partial charge in [0.05, 0.1) is 19.4 Å². The van der Waals surface area contributed by atoms with Crippen LogP contribution in [0.4, 0.5) is 11.4 Å². The van der Waals surface area contributed by atoms with Gasteiger partial charge < -0.3 is 11.1 Å². The molecule has 6 heteroatoms. The molecule has 1 heterocycles. The normalized spacial score (nSPS) is 10.4. The van der Waals surface area contributed by atoms with E-state index in [-0.39, 0.29) is 5.91 Å². The number of nitrogens with one attached hydrogen (secondary N) is 1. The molecular formula is C12H10BrClN2OS. The fraction of sp³-hybridized carbons (Fsp3) is 0.0833. The Balaban J connectivity index is 2.18. The summed E-state index contributed by atoms with van der Waals surface area (Å²) in [5.74, 6) is -0.157. The first-order chi connectivity index (χ1) is 8.47. The maximum atomic E-state index is 12.0. The maximum Gasteiger partial charge on any atom is 0.265 e. The van der Waals surface area contributed by atoms with Crippen molar-refractivity contribution in [2.24, 2.45) is 0 Å². The molecule has 2 aromatic rings. The third-order valence-electron chi connectivity index (χ3n) is 2.33. The van der Waals surface area contributed by atoms with Gasteiger partial charge in [-0.05, 0) is 52.7 Å². The Morgan fingerprint density at radius 1 is 1.44 bits per heavy atom. The standard InChI is InChI=1S/C12H10BrClN2OS/c1-6-4-10(18-11(6)13)12(17)16-7-2-3-8(14)9(15)5-7/h2-5H,15H2,1H3,(H,16,17). The van der Waals surface area contributed by atoms with Crippen LogP contribution >= 0.6 is 38.9 Å². The predicted octanol–water partition coefficient (Wildman–Crippen LogP) is 4.31. The van der Waals surface area contributed by atoms with E-state index in [0.29, 0.717) is 21.3 Å². The van der Waals surface area contributed by atoms with Crippen LogP contribution in [0.2, 0.25) is 5.02 Å². The number of anilines is 2. The van der Waals surface area contributed by atoms with Crippen molar-refractivity contribution in [1.82, 2.24) is 0 Å². The van der Waals surface area contributed by atoms with Crippen LogP contribution in [0.1, 0.15) is 15.2 Å². The summed E-state index contributed by atoms with van der Waals surface area (Å²) in [6.07, 6.45) is 0. The van der Waals surface area contributed by atoms with Gasteiger partial charge in [0.25, 0.3) is 5.91 Å². The molecule has 94 valence electrons. The molecule has 3 nitrogen and oxygen atoms in total. The van der Waals surface area contributed by atoms with E-state index in [0.717, 1.165) is 9.35 Å². The predicted molar refractivity (Wildman–Crippen MR) is 80.6 cm³/mol. The van der Waals surface area contributed by atoms with E-state index in [4.69, 9.17) is 17.3 Å². The van der Waals surface area contributed by atoms with Crippen molar-refractivity contribution in [3.05, 3.63) is 43.5 Å². The second-order valence-electron chi connectivity index (χ2n) is 3.76. The number of amides is 1. The van der Waals surface area contributed by atoms with E-state index in [9.17, 15) is 4.79 Å². The van der Waals surface area contributed by atoms with Crippen LogP contribution in [0, 0.1) is 6.92 Å². The highest BCUT2D eigenvalue weighted by atomic mass is 79.9. The highest BCUT2D eigenvalue weighted by Crippen LogP contribution is 2.28. The van der Waals surface area contributed by atoms with E-state index in [1.54, 1.807) is 18.2 Å². The number of nitrogen functional groups attached to an aromatic ring is 1. The van der Waals surface area contributed by atoms with Gasteiger partial charge in [0.2, 0.25) is 0 Å². The maximum absolute atomic E-state index is 12.0. The van der Waals surface area contributed by atoms with Gasteiger partial charge in [0.1, 0.15) is 0 Å². The minimum atomic E-state index is -0.157. The number of carbonyl (C=O) groups is 1. The molecule has 0 bridgehead atoms. The average molecular weight is 346 g/mol. The first-order valence-electron chi connectivity index (χ1n) is 5.09. The highest BCUT2D eigenvalue weighted by molar-refractivity contribution is 9.11. The van der Waals surface area contributed by atoms with Gasteiger partial charge in [0, 0.05) is 5.69 Å². The fourth-order valence-corrected chi connectivity index (χ4v) is 2.93. The number of aryl methyl sites for hydroxylation is 1. The Morgan fingerprint density at radius 3 is 2.72 bits per heavy atom. The molecule has 0 aliphatic carbocycles. The Morgan fingerprint density at radius 2 is 2.17 bits per heavy atom. The van der Waals surface area contributed by atoms with Gasteiger partial charge >= 0.3 is 0 Å². The Bertz CT molecular complexity index is 593. The molecule has 0 aliphatic rings. The lowest BCUT2D eigenvalue weighted by Gasteiger charge is -2.05. The lowest BCUT2D eigenvalue weighted by Crippen LogP contribution is -2.10. The smallest absolute Gasteiger partial charge is 0.265 e. The summed E-state index contributed by atoms with van der Waals surface area (Å²) in [7, 11) is 0. The summed E-state index contributed by atoms with van der Waals surface area (Å²) in [4.78, 5) is 12.6. The molecular weight excluding hydrogens is 336 g/mol. The van der Waals surface area contributed by atoms with Gasteiger partial charge in [-0.15, -0.1) is 11.3 Å². The molecule has 1 amide bonds.